The molecule has 0 fully saturated rings. The highest BCUT2D eigenvalue weighted by Gasteiger charge is 2.12. The van der Waals surface area contributed by atoms with Gasteiger partial charge in [-0.25, -0.2) is 0 Å². The Kier molecular flexibility index (Phi) is 9.13. The maximum Gasteiger partial charge on any atom is 0.309 e. The molecular formula is C16H26FNO4S. The predicted molar refractivity (Wildman–Crippen MR) is 88.7 cm³/mol. The molecule has 0 bridgehead atoms. The van der Waals surface area contributed by atoms with Gasteiger partial charge in [0.25, 0.3) is 0 Å². The first kappa shape index (κ1) is 19.9. The van der Waals surface area contributed by atoms with E-state index in [9.17, 15) is 12.8 Å². The smallest absolute Gasteiger partial charge is 0.309 e. The Morgan fingerprint density at radius 2 is 1.78 bits per heavy atom. The zero-order chi connectivity index (χ0) is 17.1. The zero-order valence-corrected chi connectivity index (χ0v) is 14.4. The monoisotopic (exact) mass is 347 g/mol. The molecular weight excluding hydrogens is 321 g/mol. The van der Waals surface area contributed by atoms with E-state index in [-0.39, 0.29) is 19.0 Å². The summed E-state index contributed by atoms with van der Waals surface area (Å²) in [7, 11) is -1.71. The number of hydrogen-bond donors (Lipinski definition) is 1. The van der Waals surface area contributed by atoms with E-state index in [2.05, 4.69) is 0 Å². The highest BCUT2D eigenvalue weighted by atomic mass is 32.2. The van der Waals surface area contributed by atoms with Crippen LogP contribution in [0.25, 0.3) is 0 Å². The van der Waals surface area contributed by atoms with Crippen molar-refractivity contribution >= 4 is 10.1 Å². The van der Waals surface area contributed by atoms with Crippen LogP contribution in [0.1, 0.15) is 31.2 Å². The molecule has 0 saturated carbocycles. The summed E-state index contributed by atoms with van der Waals surface area (Å²) in [5.74, 6) is 0.239. The molecule has 0 saturated heterocycles. The van der Waals surface area contributed by atoms with Crippen LogP contribution < -0.4 is 4.18 Å². The maximum atomic E-state index is 11.9. The molecule has 0 aromatic heterocycles. The van der Waals surface area contributed by atoms with Gasteiger partial charge in [0.2, 0.25) is 0 Å². The Labute approximate surface area is 138 Å². The summed E-state index contributed by atoms with van der Waals surface area (Å²) in [6, 6.07) is 6.87. The van der Waals surface area contributed by atoms with Crippen LogP contribution in [0.3, 0.4) is 0 Å². The first-order valence-electron chi connectivity index (χ1n) is 7.83. The van der Waals surface area contributed by atoms with Crippen LogP contribution in [0.5, 0.6) is 5.75 Å². The van der Waals surface area contributed by atoms with Crippen molar-refractivity contribution in [3.8, 4) is 5.75 Å². The van der Waals surface area contributed by atoms with Crippen LogP contribution in [-0.2, 0) is 16.7 Å². The summed E-state index contributed by atoms with van der Waals surface area (Å²) in [6.45, 7) is 0.988. The summed E-state index contributed by atoms with van der Waals surface area (Å²) in [5.41, 5.74) is 1.01. The van der Waals surface area contributed by atoms with Crippen molar-refractivity contribution in [1.29, 1.82) is 0 Å². The Hall–Kier alpha value is -1.18. The van der Waals surface area contributed by atoms with E-state index in [0.29, 0.717) is 44.5 Å². The SMILES string of the molecule is CN(CCO)Cc1ccc(OS(=O)(=O)CCCCCCF)cc1. The van der Waals surface area contributed by atoms with Crippen LogP contribution in [-0.4, -0.2) is 51.1 Å². The standard InChI is InChI=1S/C16H26FNO4S/c1-18(11-12-19)14-15-6-8-16(9-7-15)22-23(20,21)13-5-3-2-4-10-17/h6-9,19H,2-5,10-14H2,1H3. The van der Waals surface area contributed by atoms with E-state index >= 15 is 0 Å². The van der Waals surface area contributed by atoms with E-state index in [0.717, 1.165) is 5.56 Å². The molecule has 0 spiro atoms. The molecule has 1 aromatic rings. The first-order chi connectivity index (χ1) is 11.0. The zero-order valence-electron chi connectivity index (χ0n) is 13.6. The summed E-state index contributed by atoms with van der Waals surface area (Å²) in [5, 5.41) is 8.86. The largest absolute Gasteiger partial charge is 0.395 e. The Morgan fingerprint density at radius 1 is 1.13 bits per heavy atom. The lowest BCUT2D eigenvalue weighted by molar-refractivity contribution is 0.217. The van der Waals surface area contributed by atoms with E-state index in [1.165, 1.54) is 0 Å². The molecule has 132 valence electrons. The molecule has 1 N–H and O–H groups in total. The van der Waals surface area contributed by atoms with Gasteiger partial charge in [-0.15, -0.1) is 0 Å². The van der Waals surface area contributed by atoms with Gasteiger partial charge in [-0.3, -0.25) is 9.29 Å². The third-order valence-corrected chi connectivity index (χ3v) is 4.59. The van der Waals surface area contributed by atoms with Crippen molar-refractivity contribution in [2.75, 3.05) is 32.6 Å². The number of aliphatic hydroxyl groups excluding tert-OH is 1. The predicted octanol–water partition coefficient (Wildman–Crippen LogP) is 2.35. The fourth-order valence-corrected chi connectivity index (χ4v) is 3.17. The van der Waals surface area contributed by atoms with Crippen molar-refractivity contribution in [3.05, 3.63) is 29.8 Å². The molecule has 0 aliphatic carbocycles. The quantitative estimate of drug-likeness (QED) is 0.464. The number of hydrogen-bond acceptors (Lipinski definition) is 5. The van der Waals surface area contributed by atoms with Gasteiger partial charge in [-0.05, 0) is 37.6 Å². The van der Waals surface area contributed by atoms with E-state index in [1.54, 1.807) is 24.3 Å². The fraction of sp³-hybridized carbons (Fsp3) is 0.625. The lowest BCUT2D eigenvalue weighted by atomic mass is 10.2. The molecule has 0 heterocycles. The lowest BCUT2D eigenvalue weighted by Crippen LogP contribution is -2.21. The second kappa shape index (κ2) is 10.6. The van der Waals surface area contributed by atoms with Gasteiger partial charge in [0.05, 0.1) is 19.0 Å². The summed E-state index contributed by atoms with van der Waals surface area (Å²) in [6.07, 6.45) is 2.34. The van der Waals surface area contributed by atoms with Crippen molar-refractivity contribution in [2.24, 2.45) is 0 Å². The number of benzene rings is 1. The normalized spacial score (nSPS) is 11.8. The van der Waals surface area contributed by atoms with Gasteiger partial charge in [0.1, 0.15) is 5.75 Å². The van der Waals surface area contributed by atoms with E-state index < -0.39 is 10.1 Å². The minimum absolute atomic E-state index is 0.0553. The molecule has 0 amide bonds. The summed E-state index contributed by atoms with van der Waals surface area (Å²) < 4.78 is 40.7. The van der Waals surface area contributed by atoms with Crippen molar-refractivity contribution < 1.29 is 22.1 Å². The minimum Gasteiger partial charge on any atom is -0.395 e. The van der Waals surface area contributed by atoms with Crippen LogP contribution in [0.4, 0.5) is 4.39 Å². The van der Waals surface area contributed by atoms with Gasteiger partial charge < -0.3 is 9.29 Å². The third kappa shape index (κ3) is 8.88. The summed E-state index contributed by atoms with van der Waals surface area (Å²) >= 11 is 0. The highest BCUT2D eigenvalue weighted by Crippen LogP contribution is 2.16. The number of likely N-dealkylation sites (N-methyl/N-ethyl adjacent to an activating group) is 1. The molecule has 5 nitrogen and oxygen atoms in total. The molecule has 0 radical (unpaired) electrons. The molecule has 0 atom stereocenters. The van der Waals surface area contributed by atoms with Crippen molar-refractivity contribution in [1.82, 2.24) is 4.90 Å². The molecule has 1 aromatic carbocycles. The second-order valence-corrected chi connectivity index (χ2v) is 7.24. The summed E-state index contributed by atoms with van der Waals surface area (Å²) in [4.78, 5) is 1.96. The third-order valence-electron chi connectivity index (χ3n) is 3.36. The molecule has 0 aliphatic rings. The molecule has 1 rings (SSSR count). The van der Waals surface area contributed by atoms with Crippen molar-refractivity contribution in [2.45, 2.75) is 32.2 Å². The van der Waals surface area contributed by atoms with Crippen LogP contribution in [0, 0.1) is 0 Å². The second-order valence-electron chi connectivity index (χ2n) is 5.55. The average Bonchev–Trinajstić information content (AvgIpc) is 2.49. The van der Waals surface area contributed by atoms with E-state index in [1.807, 2.05) is 11.9 Å². The molecule has 0 aliphatic heterocycles. The lowest BCUT2D eigenvalue weighted by Gasteiger charge is -2.15. The number of halogens is 1. The Bertz CT molecular complexity index is 534. The number of unbranched alkanes of at least 4 members (excludes halogenated alkanes) is 3. The number of nitrogens with zero attached hydrogens (tertiary/aromatic N) is 1. The van der Waals surface area contributed by atoms with Gasteiger partial charge in [-0.2, -0.15) is 8.42 Å². The van der Waals surface area contributed by atoms with Gasteiger partial charge in [0.15, 0.2) is 0 Å². The van der Waals surface area contributed by atoms with Gasteiger partial charge >= 0.3 is 10.1 Å². The van der Waals surface area contributed by atoms with Crippen molar-refractivity contribution in [3.63, 3.8) is 0 Å². The topological polar surface area (TPSA) is 66.8 Å². The van der Waals surface area contributed by atoms with Gasteiger partial charge in [0, 0.05) is 13.1 Å². The van der Waals surface area contributed by atoms with Crippen LogP contribution >= 0.6 is 0 Å². The Morgan fingerprint density at radius 3 is 2.39 bits per heavy atom. The first-order valence-corrected chi connectivity index (χ1v) is 9.41. The highest BCUT2D eigenvalue weighted by molar-refractivity contribution is 7.87. The maximum absolute atomic E-state index is 11.9. The molecule has 23 heavy (non-hydrogen) atoms. The van der Waals surface area contributed by atoms with Gasteiger partial charge in [-0.1, -0.05) is 25.0 Å². The average molecular weight is 347 g/mol. The molecule has 0 unspecified atom stereocenters. The number of aliphatic hydroxyl groups is 1. The molecule has 7 heteroatoms. The van der Waals surface area contributed by atoms with E-state index in [4.69, 9.17) is 9.29 Å². The fourth-order valence-electron chi connectivity index (χ4n) is 2.13. The Balaban J connectivity index is 2.43. The number of alkyl halides is 1. The van der Waals surface area contributed by atoms with Crippen LogP contribution in [0.2, 0.25) is 0 Å². The number of rotatable bonds is 12. The van der Waals surface area contributed by atoms with Crippen LogP contribution in [0.15, 0.2) is 24.3 Å². The minimum atomic E-state index is -3.60.